The summed E-state index contributed by atoms with van der Waals surface area (Å²) >= 11 is 0. The van der Waals surface area contributed by atoms with E-state index in [0.717, 1.165) is 17.1 Å². The fourth-order valence-corrected chi connectivity index (χ4v) is 2.53. The van der Waals surface area contributed by atoms with Crippen LogP contribution in [-0.4, -0.2) is 28.4 Å². The average molecular weight is 323 g/mol. The minimum Gasteiger partial charge on any atom is -0.494 e. The molecule has 0 saturated carbocycles. The van der Waals surface area contributed by atoms with Gasteiger partial charge < -0.3 is 14.5 Å². The van der Waals surface area contributed by atoms with Crippen LogP contribution < -0.4 is 10.1 Å². The number of hydrogen-bond acceptors (Lipinski definition) is 3. The molecule has 2 aromatic heterocycles. The highest BCUT2D eigenvalue weighted by Crippen LogP contribution is 2.09. The number of nitrogens with zero attached hydrogens (tertiary/aromatic N) is 2. The van der Waals surface area contributed by atoms with Crippen molar-refractivity contribution in [2.75, 3.05) is 13.2 Å². The number of ether oxygens (including phenoxy) is 1. The van der Waals surface area contributed by atoms with E-state index in [1.807, 2.05) is 65.3 Å². The van der Waals surface area contributed by atoms with Crippen LogP contribution in [0.25, 0.3) is 5.52 Å². The number of rotatable bonds is 8. The molecule has 0 fully saturated rings. The van der Waals surface area contributed by atoms with E-state index in [9.17, 15) is 4.79 Å². The van der Waals surface area contributed by atoms with Crippen molar-refractivity contribution in [2.45, 2.75) is 19.3 Å². The Morgan fingerprint density at radius 2 is 1.96 bits per heavy atom. The maximum Gasteiger partial charge on any atom is 0.220 e. The van der Waals surface area contributed by atoms with E-state index in [1.54, 1.807) is 0 Å². The van der Waals surface area contributed by atoms with Gasteiger partial charge in [0, 0.05) is 25.6 Å². The van der Waals surface area contributed by atoms with E-state index in [4.69, 9.17) is 4.74 Å². The zero-order valence-electron chi connectivity index (χ0n) is 13.5. The third-order valence-electron chi connectivity index (χ3n) is 3.75. The number of carbonyl (C=O) groups excluding carboxylic acids is 1. The molecular formula is C19H21N3O2. The van der Waals surface area contributed by atoms with Crippen LogP contribution in [0.5, 0.6) is 5.75 Å². The lowest BCUT2D eigenvalue weighted by Gasteiger charge is -2.07. The van der Waals surface area contributed by atoms with Crippen molar-refractivity contribution >= 4 is 11.4 Å². The summed E-state index contributed by atoms with van der Waals surface area (Å²) in [6, 6.07) is 15.6. The largest absolute Gasteiger partial charge is 0.494 e. The van der Waals surface area contributed by atoms with Gasteiger partial charge in [-0.15, -0.1) is 0 Å². The van der Waals surface area contributed by atoms with Gasteiger partial charge in [-0.2, -0.15) is 0 Å². The summed E-state index contributed by atoms with van der Waals surface area (Å²) in [4.78, 5) is 16.2. The van der Waals surface area contributed by atoms with Crippen LogP contribution in [0.15, 0.2) is 60.9 Å². The molecule has 2 heterocycles. The first-order chi connectivity index (χ1) is 11.8. The maximum absolute atomic E-state index is 11.9. The number of carbonyl (C=O) groups is 1. The van der Waals surface area contributed by atoms with Gasteiger partial charge in [-0.1, -0.05) is 24.3 Å². The predicted octanol–water partition coefficient (Wildman–Crippen LogP) is 2.85. The van der Waals surface area contributed by atoms with Gasteiger partial charge in [0.05, 0.1) is 18.3 Å². The second-order valence-corrected chi connectivity index (χ2v) is 5.53. The van der Waals surface area contributed by atoms with Crippen LogP contribution in [0.1, 0.15) is 18.7 Å². The van der Waals surface area contributed by atoms with Gasteiger partial charge in [-0.3, -0.25) is 4.79 Å². The molecule has 5 nitrogen and oxygen atoms in total. The summed E-state index contributed by atoms with van der Waals surface area (Å²) in [5.41, 5.74) is 1.07. The van der Waals surface area contributed by atoms with Crippen LogP contribution in [0.4, 0.5) is 0 Å². The van der Waals surface area contributed by atoms with E-state index in [-0.39, 0.29) is 5.91 Å². The van der Waals surface area contributed by atoms with Crippen molar-refractivity contribution in [1.82, 2.24) is 14.7 Å². The number of fused-ring (bicyclic) bond motifs is 1. The van der Waals surface area contributed by atoms with Crippen molar-refractivity contribution in [2.24, 2.45) is 0 Å². The number of imidazole rings is 1. The summed E-state index contributed by atoms with van der Waals surface area (Å²) in [5.74, 6) is 1.84. The molecule has 124 valence electrons. The lowest BCUT2D eigenvalue weighted by Crippen LogP contribution is -2.26. The number of pyridine rings is 1. The third kappa shape index (κ3) is 4.35. The normalized spacial score (nSPS) is 10.7. The van der Waals surface area contributed by atoms with Crippen molar-refractivity contribution in [3.05, 3.63) is 66.7 Å². The van der Waals surface area contributed by atoms with Gasteiger partial charge in [0.15, 0.2) is 0 Å². The molecule has 0 spiro atoms. The van der Waals surface area contributed by atoms with Gasteiger partial charge in [0.2, 0.25) is 5.91 Å². The van der Waals surface area contributed by atoms with Gasteiger partial charge in [0.1, 0.15) is 11.6 Å². The van der Waals surface area contributed by atoms with E-state index >= 15 is 0 Å². The van der Waals surface area contributed by atoms with E-state index in [2.05, 4.69) is 10.3 Å². The molecule has 0 aliphatic heterocycles. The summed E-state index contributed by atoms with van der Waals surface area (Å²) in [5, 5.41) is 2.94. The quantitative estimate of drug-likeness (QED) is 0.649. The van der Waals surface area contributed by atoms with Crippen LogP contribution in [-0.2, 0) is 11.2 Å². The van der Waals surface area contributed by atoms with Crippen LogP contribution >= 0.6 is 0 Å². The highest BCUT2D eigenvalue weighted by molar-refractivity contribution is 5.75. The van der Waals surface area contributed by atoms with Crippen LogP contribution in [0.2, 0.25) is 0 Å². The maximum atomic E-state index is 11.9. The Morgan fingerprint density at radius 1 is 1.12 bits per heavy atom. The smallest absolute Gasteiger partial charge is 0.220 e. The number of hydrogen-bond donors (Lipinski definition) is 1. The van der Waals surface area contributed by atoms with E-state index in [0.29, 0.717) is 32.4 Å². The predicted molar refractivity (Wildman–Crippen MR) is 93.1 cm³/mol. The molecule has 5 heteroatoms. The molecule has 3 rings (SSSR count). The van der Waals surface area contributed by atoms with Crippen molar-refractivity contribution in [1.29, 1.82) is 0 Å². The topological polar surface area (TPSA) is 55.6 Å². The van der Waals surface area contributed by atoms with Crippen molar-refractivity contribution in [3.8, 4) is 5.75 Å². The molecule has 24 heavy (non-hydrogen) atoms. The second kappa shape index (κ2) is 8.15. The number of para-hydroxylation sites is 1. The van der Waals surface area contributed by atoms with Crippen LogP contribution in [0.3, 0.4) is 0 Å². The highest BCUT2D eigenvalue weighted by atomic mass is 16.5. The molecule has 0 aliphatic rings. The Morgan fingerprint density at radius 3 is 2.83 bits per heavy atom. The number of amides is 1. The zero-order valence-corrected chi connectivity index (χ0v) is 13.5. The first-order valence-electron chi connectivity index (χ1n) is 8.18. The van der Waals surface area contributed by atoms with Gasteiger partial charge in [0.25, 0.3) is 0 Å². The molecular weight excluding hydrogens is 302 g/mol. The summed E-state index contributed by atoms with van der Waals surface area (Å²) < 4.78 is 7.62. The summed E-state index contributed by atoms with van der Waals surface area (Å²) in [7, 11) is 0. The van der Waals surface area contributed by atoms with Gasteiger partial charge in [-0.05, 0) is 30.7 Å². The first-order valence-corrected chi connectivity index (χ1v) is 8.18. The Balaban J connectivity index is 1.34. The Hall–Kier alpha value is -2.82. The fourth-order valence-electron chi connectivity index (χ4n) is 2.53. The Labute approximate surface area is 141 Å². The lowest BCUT2D eigenvalue weighted by molar-refractivity contribution is -0.121. The second-order valence-electron chi connectivity index (χ2n) is 5.53. The summed E-state index contributed by atoms with van der Waals surface area (Å²) in [6.45, 7) is 1.13. The minimum absolute atomic E-state index is 0.0486. The van der Waals surface area contributed by atoms with Gasteiger partial charge in [-0.25, -0.2) is 4.98 Å². The third-order valence-corrected chi connectivity index (χ3v) is 3.75. The molecule has 1 aromatic carbocycles. The van der Waals surface area contributed by atoms with Crippen molar-refractivity contribution < 1.29 is 9.53 Å². The van der Waals surface area contributed by atoms with Crippen molar-refractivity contribution in [3.63, 3.8) is 0 Å². The molecule has 0 bridgehead atoms. The lowest BCUT2D eigenvalue weighted by atomic mass is 10.3. The SMILES string of the molecule is O=C(CCCOc1ccccc1)NCCc1ncc2ccccn12. The Bertz CT molecular complexity index is 783. The zero-order chi connectivity index (χ0) is 16.6. The molecule has 1 N–H and O–H groups in total. The molecule has 0 radical (unpaired) electrons. The minimum atomic E-state index is 0.0486. The molecule has 0 saturated heterocycles. The molecule has 0 aliphatic carbocycles. The van der Waals surface area contributed by atoms with Crippen LogP contribution in [0, 0.1) is 0 Å². The monoisotopic (exact) mass is 323 g/mol. The number of benzene rings is 1. The van der Waals surface area contributed by atoms with Gasteiger partial charge >= 0.3 is 0 Å². The number of nitrogens with one attached hydrogen (secondary N) is 1. The molecule has 0 unspecified atom stereocenters. The fraction of sp³-hybridized carbons (Fsp3) is 0.263. The average Bonchev–Trinajstić information content (AvgIpc) is 3.03. The highest BCUT2D eigenvalue weighted by Gasteiger charge is 2.05. The first kappa shape index (κ1) is 16.1. The molecule has 0 atom stereocenters. The summed E-state index contributed by atoms with van der Waals surface area (Å²) in [6.07, 6.45) is 5.71. The molecule has 3 aromatic rings. The standard InChI is InChI=1S/C19H21N3O2/c23-19(10-6-14-24-17-8-2-1-3-9-17)20-12-11-18-21-15-16-7-4-5-13-22(16)18/h1-5,7-9,13,15H,6,10-12,14H2,(H,20,23). The Kier molecular flexibility index (Phi) is 5.45. The van der Waals surface area contributed by atoms with E-state index < -0.39 is 0 Å². The molecule has 1 amide bonds. The number of aromatic nitrogens is 2. The van der Waals surface area contributed by atoms with E-state index in [1.165, 1.54) is 0 Å².